The molecule has 0 radical (unpaired) electrons. The van der Waals surface area contributed by atoms with Crippen molar-refractivity contribution in [1.82, 2.24) is 5.32 Å². The standard InChI is InChI=1S/C14H20N4O3/c1-9(10-4-2-3-5-10)16-14(19)12-8-11(17-15)6-7-13(12)18(20)21/h6-10,17H,2-5,15H2,1H3,(H,16,19). The van der Waals surface area contributed by atoms with Crippen molar-refractivity contribution in [3.8, 4) is 0 Å². The Hall–Kier alpha value is -2.15. The van der Waals surface area contributed by atoms with Crippen molar-refractivity contribution < 1.29 is 9.72 Å². The summed E-state index contributed by atoms with van der Waals surface area (Å²) in [7, 11) is 0. The predicted molar refractivity (Wildman–Crippen MR) is 79.8 cm³/mol. The highest BCUT2D eigenvalue weighted by Gasteiger charge is 2.26. The second kappa shape index (κ2) is 6.53. The molecule has 1 atom stereocenters. The number of nitro benzene ring substituents is 1. The number of carbonyl (C=O) groups excluding carboxylic acids is 1. The zero-order valence-electron chi connectivity index (χ0n) is 12.0. The summed E-state index contributed by atoms with van der Waals surface area (Å²) in [6, 6.07) is 4.16. The molecular formula is C14H20N4O3. The summed E-state index contributed by atoms with van der Waals surface area (Å²) >= 11 is 0. The van der Waals surface area contributed by atoms with E-state index in [1.165, 1.54) is 31.0 Å². The lowest BCUT2D eigenvalue weighted by atomic mass is 9.99. The van der Waals surface area contributed by atoms with Crippen LogP contribution in [0.15, 0.2) is 18.2 Å². The molecule has 0 saturated heterocycles. The first-order chi connectivity index (χ1) is 10.0. The van der Waals surface area contributed by atoms with Gasteiger partial charge in [-0.1, -0.05) is 12.8 Å². The number of carbonyl (C=O) groups is 1. The Morgan fingerprint density at radius 1 is 1.43 bits per heavy atom. The molecule has 1 fully saturated rings. The fourth-order valence-corrected chi connectivity index (χ4v) is 2.83. The molecule has 1 saturated carbocycles. The minimum atomic E-state index is -0.560. The second-order valence-electron chi connectivity index (χ2n) is 5.44. The number of hydrogen-bond donors (Lipinski definition) is 3. The third-order valence-corrected chi connectivity index (χ3v) is 4.07. The van der Waals surface area contributed by atoms with Crippen LogP contribution in [0.1, 0.15) is 43.0 Å². The summed E-state index contributed by atoms with van der Waals surface area (Å²) in [5.74, 6) is 5.31. The van der Waals surface area contributed by atoms with Crippen LogP contribution in [-0.4, -0.2) is 16.9 Å². The Kier molecular flexibility index (Phi) is 4.74. The number of nitrogens with zero attached hydrogens (tertiary/aromatic N) is 1. The van der Waals surface area contributed by atoms with Crippen LogP contribution in [0.3, 0.4) is 0 Å². The SMILES string of the molecule is CC(NC(=O)c1cc(NN)ccc1[N+](=O)[O-])C1CCCC1. The quantitative estimate of drug-likeness (QED) is 0.437. The topological polar surface area (TPSA) is 110 Å². The van der Waals surface area contributed by atoms with Gasteiger partial charge in [0.2, 0.25) is 0 Å². The van der Waals surface area contributed by atoms with E-state index in [9.17, 15) is 14.9 Å². The molecule has 1 aromatic carbocycles. The van der Waals surface area contributed by atoms with Crippen molar-refractivity contribution in [2.45, 2.75) is 38.6 Å². The van der Waals surface area contributed by atoms with E-state index in [4.69, 9.17) is 5.84 Å². The van der Waals surface area contributed by atoms with Gasteiger partial charge in [-0.2, -0.15) is 0 Å². The van der Waals surface area contributed by atoms with E-state index >= 15 is 0 Å². The average Bonchev–Trinajstić information content (AvgIpc) is 3.00. The number of nitrogens with two attached hydrogens (primary N) is 1. The Morgan fingerprint density at radius 3 is 2.67 bits per heavy atom. The molecule has 114 valence electrons. The lowest BCUT2D eigenvalue weighted by molar-refractivity contribution is -0.385. The average molecular weight is 292 g/mol. The van der Waals surface area contributed by atoms with Crippen LogP contribution >= 0.6 is 0 Å². The van der Waals surface area contributed by atoms with E-state index in [1.807, 2.05) is 6.92 Å². The molecule has 0 bridgehead atoms. The third-order valence-electron chi connectivity index (χ3n) is 4.07. The lowest BCUT2D eigenvalue weighted by Gasteiger charge is -2.20. The molecule has 0 heterocycles. The van der Waals surface area contributed by atoms with Crippen molar-refractivity contribution in [3.05, 3.63) is 33.9 Å². The highest BCUT2D eigenvalue weighted by molar-refractivity contribution is 5.99. The first-order valence-corrected chi connectivity index (χ1v) is 7.09. The van der Waals surface area contributed by atoms with Gasteiger partial charge in [0, 0.05) is 17.8 Å². The van der Waals surface area contributed by atoms with Gasteiger partial charge >= 0.3 is 0 Å². The van der Waals surface area contributed by atoms with Gasteiger partial charge in [-0.3, -0.25) is 20.8 Å². The minimum Gasteiger partial charge on any atom is -0.349 e. The molecule has 2 rings (SSSR count). The van der Waals surface area contributed by atoms with Gasteiger partial charge in [0.15, 0.2) is 0 Å². The molecule has 1 unspecified atom stereocenters. The van der Waals surface area contributed by atoms with Gasteiger partial charge < -0.3 is 10.7 Å². The summed E-state index contributed by atoms with van der Waals surface area (Å²) in [6.45, 7) is 1.95. The number of anilines is 1. The summed E-state index contributed by atoms with van der Waals surface area (Å²) in [4.78, 5) is 22.8. The molecule has 1 aliphatic rings. The van der Waals surface area contributed by atoms with Crippen LogP contribution < -0.4 is 16.6 Å². The fraction of sp³-hybridized carbons (Fsp3) is 0.500. The Bertz CT molecular complexity index is 541. The largest absolute Gasteiger partial charge is 0.349 e. The molecule has 7 nitrogen and oxygen atoms in total. The number of nitrogens with one attached hydrogen (secondary N) is 2. The van der Waals surface area contributed by atoms with E-state index in [0.717, 1.165) is 12.8 Å². The maximum Gasteiger partial charge on any atom is 0.282 e. The van der Waals surface area contributed by atoms with Gasteiger partial charge in [-0.05, 0) is 37.8 Å². The van der Waals surface area contributed by atoms with Crippen LogP contribution in [0, 0.1) is 16.0 Å². The summed E-state index contributed by atoms with van der Waals surface area (Å²) in [6.07, 6.45) is 4.54. The molecule has 0 aromatic heterocycles. The Balaban J connectivity index is 2.18. The maximum absolute atomic E-state index is 12.3. The van der Waals surface area contributed by atoms with Gasteiger partial charge in [0.05, 0.1) is 4.92 Å². The van der Waals surface area contributed by atoms with Crippen LogP contribution in [0.5, 0.6) is 0 Å². The van der Waals surface area contributed by atoms with Crippen molar-refractivity contribution in [1.29, 1.82) is 0 Å². The molecule has 4 N–H and O–H groups in total. The third kappa shape index (κ3) is 3.49. The van der Waals surface area contributed by atoms with E-state index in [-0.39, 0.29) is 17.3 Å². The van der Waals surface area contributed by atoms with Crippen LogP contribution in [-0.2, 0) is 0 Å². The van der Waals surface area contributed by atoms with E-state index in [1.54, 1.807) is 0 Å². The number of nitro groups is 1. The lowest BCUT2D eigenvalue weighted by Crippen LogP contribution is -2.37. The van der Waals surface area contributed by atoms with Crippen molar-refractivity contribution in [2.24, 2.45) is 11.8 Å². The molecule has 1 amide bonds. The number of nitrogen functional groups attached to an aromatic ring is 1. The van der Waals surface area contributed by atoms with Crippen molar-refractivity contribution >= 4 is 17.3 Å². The maximum atomic E-state index is 12.3. The predicted octanol–water partition coefficient (Wildman–Crippen LogP) is 2.19. The Labute approximate surface area is 123 Å². The van der Waals surface area contributed by atoms with Gasteiger partial charge in [0.1, 0.15) is 5.56 Å². The van der Waals surface area contributed by atoms with Gasteiger partial charge in [0.25, 0.3) is 11.6 Å². The first-order valence-electron chi connectivity index (χ1n) is 7.09. The zero-order chi connectivity index (χ0) is 15.4. The number of benzene rings is 1. The summed E-state index contributed by atoms with van der Waals surface area (Å²) in [5, 5.41) is 13.9. The van der Waals surface area contributed by atoms with Crippen LogP contribution in [0.25, 0.3) is 0 Å². The van der Waals surface area contributed by atoms with Gasteiger partial charge in [-0.15, -0.1) is 0 Å². The smallest absolute Gasteiger partial charge is 0.282 e. The molecule has 1 aliphatic carbocycles. The van der Waals surface area contributed by atoms with E-state index in [2.05, 4.69) is 10.7 Å². The van der Waals surface area contributed by atoms with Crippen LogP contribution in [0.2, 0.25) is 0 Å². The number of rotatable bonds is 5. The normalized spacial score (nSPS) is 16.5. The minimum absolute atomic E-state index is 0.00842. The van der Waals surface area contributed by atoms with E-state index in [0.29, 0.717) is 11.6 Å². The van der Waals surface area contributed by atoms with Crippen LogP contribution in [0.4, 0.5) is 11.4 Å². The second-order valence-corrected chi connectivity index (χ2v) is 5.44. The van der Waals surface area contributed by atoms with Crippen molar-refractivity contribution in [2.75, 3.05) is 5.43 Å². The monoisotopic (exact) mass is 292 g/mol. The molecule has 0 spiro atoms. The number of hydrazine groups is 1. The first kappa shape index (κ1) is 15.2. The molecule has 21 heavy (non-hydrogen) atoms. The molecule has 7 heteroatoms. The summed E-state index contributed by atoms with van der Waals surface area (Å²) < 4.78 is 0. The van der Waals surface area contributed by atoms with Gasteiger partial charge in [-0.25, -0.2) is 0 Å². The summed E-state index contributed by atoms with van der Waals surface area (Å²) in [5.41, 5.74) is 2.66. The van der Waals surface area contributed by atoms with Crippen molar-refractivity contribution in [3.63, 3.8) is 0 Å². The molecule has 0 aliphatic heterocycles. The fourth-order valence-electron chi connectivity index (χ4n) is 2.83. The number of amides is 1. The Morgan fingerprint density at radius 2 is 2.10 bits per heavy atom. The highest BCUT2D eigenvalue weighted by atomic mass is 16.6. The highest BCUT2D eigenvalue weighted by Crippen LogP contribution is 2.28. The molecular weight excluding hydrogens is 272 g/mol. The zero-order valence-corrected chi connectivity index (χ0v) is 12.0. The number of hydrogen-bond acceptors (Lipinski definition) is 5. The molecule has 1 aromatic rings. The van der Waals surface area contributed by atoms with E-state index < -0.39 is 10.8 Å².